The average molecular weight is 371 g/mol. The van der Waals surface area contributed by atoms with Crippen molar-refractivity contribution in [1.82, 2.24) is 15.2 Å². The van der Waals surface area contributed by atoms with E-state index in [0.29, 0.717) is 18.3 Å². The summed E-state index contributed by atoms with van der Waals surface area (Å²) in [6, 6.07) is 14.6. The van der Waals surface area contributed by atoms with Crippen LogP contribution in [0.2, 0.25) is 0 Å². The lowest BCUT2D eigenvalue weighted by Crippen LogP contribution is -2.39. The molecule has 2 aromatic rings. The molecule has 5 nitrogen and oxygen atoms in total. The van der Waals surface area contributed by atoms with Crippen molar-refractivity contribution in [3.05, 3.63) is 54.2 Å². The highest BCUT2D eigenvalue weighted by Gasteiger charge is 2.24. The van der Waals surface area contributed by atoms with Gasteiger partial charge in [-0.1, -0.05) is 18.2 Å². The van der Waals surface area contributed by atoms with Crippen LogP contribution in [0.5, 0.6) is 5.88 Å². The number of hydrogen-bond acceptors (Lipinski definition) is 4. The van der Waals surface area contributed by atoms with Gasteiger partial charge in [-0.25, -0.2) is 4.98 Å². The van der Waals surface area contributed by atoms with E-state index in [9.17, 15) is 0 Å². The number of aromatic nitrogens is 1. The molecule has 1 aliphatic heterocycles. The molecule has 2 heterocycles. The van der Waals surface area contributed by atoms with E-state index in [1.54, 1.807) is 13.3 Å². The van der Waals surface area contributed by atoms with Crippen molar-refractivity contribution in [2.75, 3.05) is 33.0 Å². The maximum atomic E-state index is 5.18. The summed E-state index contributed by atoms with van der Waals surface area (Å²) >= 11 is 1.95. The maximum absolute atomic E-state index is 5.18. The first-order valence-corrected chi connectivity index (χ1v) is 9.89. The fourth-order valence-corrected chi connectivity index (χ4v) is 4.13. The Bertz CT molecular complexity index is 723. The Balaban J connectivity index is 1.48. The minimum absolute atomic E-state index is 0.637. The summed E-state index contributed by atoms with van der Waals surface area (Å²) in [6.07, 6.45) is 2.98. The number of pyridine rings is 1. The van der Waals surface area contributed by atoms with Crippen LogP contribution in [0.4, 0.5) is 0 Å². The highest BCUT2D eigenvalue weighted by molar-refractivity contribution is 7.99. The highest BCUT2D eigenvalue weighted by atomic mass is 32.2. The molecule has 1 aromatic heterocycles. The van der Waals surface area contributed by atoms with Crippen LogP contribution in [-0.2, 0) is 6.54 Å². The summed E-state index contributed by atoms with van der Waals surface area (Å²) < 4.78 is 5.18. The summed E-state index contributed by atoms with van der Waals surface area (Å²) in [4.78, 5) is 12.3. The normalized spacial score (nSPS) is 17.4. The predicted molar refractivity (Wildman–Crippen MR) is 108 cm³/mol. The van der Waals surface area contributed by atoms with Gasteiger partial charge in [-0.2, -0.15) is 0 Å². The summed E-state index contributed by atoms with van der Waals surface area (Å²) in [5.41, 5.74) is 1.13. The molecular weight excluding hydrogens is 344 g/mol. The predicted octanol–water partition coefficient (Wildman–Crippen LogP) is 3.28. The zero-order valence-electron chi connectivity index (χ0n) is 15.4. The van der Waals surface area contributed by atoms with Gasteiger partial charge in [0.2, 0.25) is 5.88 Å². The van der Waals surface area contributed by atoms with Crippen molar-refractivity contribution in [2.24, 2.45) is 10.9 Å². The van der Waals surface area contributed by atoms with Crippen LogP contribution in [0.1, 0.15) is 12.0 Å². The van der Waals surface area contributed by atoms with Crippen molar-refractivity contribution in [1.29, 1.82) is 0 Å². The van der Waals surface area contributed by atoms with E-state index in [1.807, 2.05) is 30.9 Å². The number of guanidine groups is 1. The molecule has 138 valence electrons. The second-order valence-electron chi connectivity index (χ2n) is 6.33. The topological polar surface area (TPSA) is 49.8 Å². The molecule has 1 unspecified atom stereocenters. The lowest BCUT2D eigenvalue weighted by atomic mass is 10.2. The van der Waals surface area contributed by atoms with E-state index in [1.165, 1.54) is 11.3 Å². The van der Waals surface area contributed by atoms with Gasteiger partial charge >= 0.3 is 0 Å². The van der Waals surface area contributed by atoms with Gasteiger partial charge in [-0.15, -0.1) is 11.8 Å². The minimum atomic E-state index is 0.637. The summed E-state index contributed by atoms with van der Waals surface area (Å²) in [7, 11) is 3.48. The van der Waals surface area contributed by atoms with Crippen LogP contribution in [0.3, 0.4) is 0 Å². The van der Waals surface area contributed by atoms with Gasteiger partial charge < -0.3 is 15.0 Å². The van der Waals surface area contributed by atoms with Crippen molar-refractivity contribution in [2.45, 2.75) is 17.9 Å². The first kappa shape index (κ1) is 18.6. The first-order chi connectivity index (χ1) is 12.8. The van der Waals surface area contributed by atoms with Gasteiger partial charge in [0.1, 0.15) is 0 Å². The smallest absolute Gasteiger partial charge is 0.213 e. The van der Waals surface area contributed by atoms with Crippen LogP contribution >= 0.6 is 11.8 Å². The average Bonchev–Trinajstić information content (AvgIpc) is 3.17. The third kappa shape index (κ3) is 5.14. The third-order valence-corrected chi connectivity index (χ3v) is 5.73. The monoisotopic (exact) mass is 370 g/mol. The van der Waals surface area contributed by atoms with E-state index < -0.39 is 0 Å². The Labute approximate surface area is 159 Å². The molecule has 0 saturated carbocycles. The van der Waals surface area contributed by atoms with Crippen LogP contribution < -0.4 is 10.1 Å². The Morgan fingerprint density at radius 2 is 2.19 bits per heavy atom. The van der Waals surface area contributed by atoms with Gasteiger partial charge in [0.25, 0.3) is 0 Å². The third-order valence-electron chi connectivity index (χ3n) is 4.49. The van der Waals surface area contributed by atoms with Gasteiger partial charge in [0.05, 0.1) is 7.11 Å². The molecule has 0 amide bonds. The molecule has 1 saturated heterocycles. The maximum Gasteiger partial charge on any atom is 0.213 e. The van der Waals surface area contributed by atoms with E-state index in [2.05, 4.69) is 50.5 Å². The Kier molecular flexibility index (Phi) is 6.77. The van der Waals surface area contributed by atoms with Crippen molar-refractivity contribution >= 4 is 17.7 Å². The Morgan fingerprint density at radius 1 is 1.35 bits per heavy atom. The molecule has 0 aliphatic carbocycles. The van der Waals surface area contributed by atoms with Gasteiger partial charge in [-0.3, -0.25) is 4.99 Å². The van der Waals surface area contributed by atoms with Crippen LogP contribution in [0.15, 0.2) is 58.5 Å². The standard InChI is InChI=1S/C20H26N4OS/c1-21-20(23-13-16-8-10-22-19(12-16)25-2)24-11-9-17(14-24)15-26-18-6-4-3-5-7-18/h3-8,10,12,17H,9,11,13-15H2,1-2H3,(H,21,23). The lowest BCUT2D eigenvalue weighted by molar-refractivity contribution is 0.397. The molecule has 0 bridgehead atoms. The lowest BCUT2D eigenvalue weighted by Gasteiger charge is -2.21. The van der Waals surface area contributed by atoms with E-state index in [0.717, 1.165) is 30.4 Å². The molecule has 26 heavy (non-hydrogen) atoms. The number of rotatable bonds is 6. The minimum Gasteiger partial charge on any atom is -0.481 e. The first-order valence-electron chi connectivity index (χ1n) is 8.91. The summed E-state index contributed by atoms with van der Waals surface area (Å²) in [5, 5.41) is 3.46. The molecule has 0 spiro atoms. The largest absolute Gasteiger partial charge is 0.481 e. The van der Waals surface area contributed by atoms with Crippen molar-refractivity contribution < 1.29 is 4.74 Å². The Morgan fingerprint density at radius 3 is 2.96 bits per heavy atom. The van der Waals surface area contributed by atoms with Gasteiger partial charge in [0, 0.05) is 49.6 Å². The van der Waals surface area contributed by atoms with E-state index in [4.69, 9.17) is 4.74 Å². The van der Waals surface area contributed by atoms with Crippen molar-refractivity contribution in [3.8, 4) is 5.88 Å². The number of methoxy groups -OCH3 is 1. The number of likely N-dealkylation sites (tertiary alicyclic amines) is 1. The van der Waals surface area contributed by atoms with Gasteiger partial charge in [0.15, 0.2) is 5.96 Å². The molecule has 1 fully saturated rings. The highest BCUT2D eigenvalue weighted by Crippen LogP contribution is 2.25. The second kappa shape index (κ2) is 9.48. The molecule has 0 radical (unpaired) electrons. The zero-order chi connectivity index (χ0) is 18.2. The summed E-state index contributed by atoms with van der Waals surface area (Å²) in [6.45, 7) is 2.82. The molecule has 1 aromatic carbocycles. The van der Waals surface area contributed by atoms with Crippen LogP contribution in [0.25, 0.3) is 0 Å². The molecule has 1 aliphatic rings. The van der Waals surface area contributed by atoms with Crippen LogP contribution in [-0.4, -0.2) is 48.8 Å². The number of aliphatic imine (C=N–C) groups is 1. The zero-order valence-corrected chi connectivity index (χ0v) is 16.2. The van der Waals surface area contributed by atoms with E-state index >= 15 is 0 Å². The second-order valence-corrected chi connectivity index (χ2v) is 7.43. The number of thioether (sulfide) groups is 1. The number of benzene rings is 1. The number of nitrogens with zero attached hydrogens (tertiary/aromatic N) is 3. The van der Waals surface area contributed by atoms with Gasteiger partial charge in [-0.05, 0) is 36.1 Å². The number of hydrogen-bond donors (Lipinski definition) is 1. The number of nitrogens with one attached hydrogen (secondary N) is 1. The van der Waals surface area contributed by atoms with Crippen LogP contribution in [0, 0.1) is 5.92 Å². The van der Waals surface area contributed by atoms with Crippen molar-refractivity contribution in [3.63, 3.8) is 0 Å². The molecule has 1 atom stereocenters. The molecule has 1 N–H and O–H groups in total. The number of ether oxygens (including phenoxy) is 1. The molecule has 6 heteroatoms. The molecular formula is C20H26N4OS. The Hall–Kier alpha value is -2.21. The summed E-state index contributed by atoms with van der Waals surface area (Å²) in [5.74, 6) is 3.45. The molecule has 3 rings (SSSR count). The van der Waals surface area contributed by atoms with E-state index in [-0.39, 0.29) is 0 Å². The SMILES string of the molecule is CN=C(NCc1ccnc(OC)c1)N1CCC(CSc2ccccc2)C1. The fraction of sp³-hybridized carbons (Fsp3) is 0.400. The fourth-order valence-electron chi connectivity index (χ4n) is 3.08. The quantitative estimate of drug-likeness (QED) is 0.480.